The number of methoxy groups -OCH3 is 1. The summed E-state index contributed by atoms with van der Waals surface area (Å²) in [7, 11) is 1.70. The van der Waals surface area contributed by atoms with Crippen molar-refractivity contribution >= 4 is 11.3 Å². The standard InChI is InChI=1S/C16H20N2OS/c1-19-14-4-2-3-12(9-14)15(10-17)18-7-5-16-13(11-18)6-8-20-16/h2-4,6,8-9,15H,5,7,10-11,17H2,1H3. The fourth-order valence-electron chi connectivity index (χ4n) is 2.88. The molecule has 1 aliphatic rings. The lowest BCUT2D eigenvalue weighted by molar-refractivity contribution is 0.185. The van der Waals surface area contributed by atoms with Crippen molar-refractivity contribution < 1.29 is 4.74 Å². The molecule has 0 saturated heterocycles. The number of hydrogen-bond acceptors (Lipinski definition) is 4. The molecule has 1 aromatic heterocycles. The Bertz CT molecular complexity index is 581. The summed E-state index contributed by atoms with van der Waals surface area (Å²) in [6, 6.07) is 10.8. The number of rotatable bonds is 4. The maximum atomic E-state index is 6.04. The molecule has 20 heavy (non-hydrogen) atoms. The van der Waals surface area contributed by atoms with Gasteiger partial charge >= 0.3 is 0 Å². The smallest absolute Gasteiger partial charge is 0.119 e. The first-order valence-electron chi connectivity index (χ1n) is 6.95. The van der Waals surface area contributed by atoms with E-state index in [0.717, 1.165) is 25.3 Å². The fraction of sp³-hybridized carbons (Fsp3) is 0.375. The number of hydrogen-bond donors (Lipinski definition) is 1. The predicted molar refractivity (Wildman–Crippen MR) is 83.2 cm³/mol. The van der Waals surface area contributed by atoms with Crippen LogP contribution in [0.2, 0.25) is 0 Å². The summed E-state index contributed by atoms with van der Waals surface area (Å²) in [4.78, 5) is 4.01. The molecule has 0 bridgehead atoms. The van der Waals surface area contributed by atoms with Crippen molar-refractivity contribution in [2.45, 2.75) is 19.0 Å². The zero-order chi connectivity index (χ0) is 13.9. The first kappa shape index (κ1) is 13.6. The van der Waals surface area contributed by atoms with E-state index in [2.05, 4.69) is 28.5 Å². The molecule has 1 aromatic carbocycles. The molecule has 1 atom stereocenters. The van der Waals surface area contributed by atoms with E-state index in [4.69, 9.17) is 10.5 Å². The molecule has 0 radical (unpaired) electrons. The van der Waals surface area contributed by atoms with Gasteiger partial charge in [0.25, 0.3) is 0 Å². The van der Waals surface area contributed by atoms with Gasteiger partial charge in [-0.05, 0) is 41.1 Å². The lowest BCUT2D eigenvalue weighted by Crippen LogP contribution is -2.37. The summed E-state index contributed by atoms with van der Waals surface area (Å²) in [6.45, 7) is 2.71. The summed E-state index contributed by atoms with van der Waals surface area (Å²) < 4.78 is 5.32. The minimum Gasteiger partial charge on any atom is -0.497 e. The Hall–Kier alpha value is -1.36. The van der Waals surface area contributed by atoms with Crippen LogP contribution in [0.5, 0.6) is 5.75 Å². The van der Waals surface area contributed by atoms with Crippen LogP contribution >= 0.6 is 11.3 Å². The Morgan fingerprint density at radius 2 is 2.30 bits per heavy atom. The topological polar surface area (TPSA) is 38.5 Å². The zero-order valence-corrected chi connectivity index (χ0v) is 12.5. The zero-order valence-electron chi connectivity index (χ0n) is 11.7. The maximum Gasteiger partial charge on any atom is 0.119 e. The Morgan fingerprint density at radius 3 is 3.10 bits per heavy atom. The van der Waals surface area contributed by atoms with Gasteiger partial charge in [-0.3, -0.25) is 4.90 Å². The van der Waals surface area contributed by atoms with E-state index < -0.39 is 0 Å². The Morgan fingerprint density at radius 1 is 1.40 bits per heavy atom. The quantitative estimate of drug-likeness (QED) is 0.940. The van der Waals surface area contributed by atoms with Gasteiger partial charge in [-0.2, -0.15) is 0 Å². The van der Waals surface area contributed by atoms with Crippen LogP contribution in [0.3, 0.4) is 0 Å². The Labute approximate surface area is 124 Å². The average molecular weight is 288 g/mol. The first-order valence-corrected chi connectivity index (χ1v) is 7.83. The molecule has 106 valence electrons. The molecule has 2 N–H and O–H groups in total. The second kappa shape index (κ2) is 5.95. The molecule has 3 rings (SSSR count). The largest absolute Gasteiger partial charge is 0.497 e. The van der Waals surface area contributed by atoms with E-state index in [0.29, 0.717) is 6.54 Å². The molecule has 1 aliphatic heterocycles. The average Bonchev–Trinajstić information content (AvgIpc) is 2.96. The Kier molecular flexibility index (Phi) is 4.05. The molecule has 0 amide bonds. The number of nitrogens with zero attached hydrogens (tertiary/aromatic N) is 1. The van der Waals surface area contributed by atoms with Crippen molar-refractivity contribution in [1.29, 1.82) is 0 Å². The van der Waals surface area contributed by atoms with Crippen LogP contribution in [0, 0.1) is 0 Å². The highest BCUT2D eigenvalue weighted by Crippen LogP contribution is 2.30. The third-order valence-corrected chi connectivity index (χ3v) is 5.00. The van der Waals surface area contributed by atoms with E-state index in [1.165, 1.54) is 16.0 Å². The molecule has 4 heteroatoms. The summed E-state index contributed by atoms with van der Waals surface area (Å²) in [5.41, 5.74) is 8.74. The van der Waals surface area contributed by atoms with Crippen LogP contribution in [0.15, 0.2) is 35.7 Å². The van der Waals surface area contributed by atoms with Gasteiger partial charge in [0.2, 0.25) is 0 Å². The van der Waals surface area contributed by atoms with E-state index in [-0.39, 0.29) is 6.04 Å². The van der Waals surface area contributed by atoms with Gasteiger partial charge in [-0.25, -0.2) is 0 Å². The SMILES string of the molecule is COc1cccc(C(CN)N2CCc3sccc3C2)c1. The van der Waals surface area contributed by atoms with Crippen LogP contribution in [-0.4, -0.2) is 25.1 Å². The van der Waals surface area contributed by atoms with Crippen LogP contribution in [0.4, 0.5) is 0 Å². The van der Waals surface area contributed by atoms with Crippen LogP contribution in [0.25, 0.3) is 0 Å². The molecule has 0 spiro atoms. The second-order valence-electron chi connectivity index (χ2n) is 5.12. The molecule has 0 saturated carbocycles. The third-order valence-electron chi connectivity index (χ3n) is 3.98. The highest BCUT2D eigenvalue weighted by atomic mass is 32.1. The maximum absolute atomic E-state index is 6.04. The van der Waals surface area contributed by atoms with Crippen molar-refractivity contribution in [1.82, 2.24) is 4.90 Å². The van der Waals surface area contributed by atoms with Gasteiger partial charge in [-0.1, -0.05) is 12.1 Å². The summed E-state index contributed by atoms with van der Waals surface area (Å²) >= 11 is 1.87. The first-order chi connectivity index (χ1) is 9.81. The number of ether oxygens (including phenoxy) is 1. The highest BCUT2D eigenvalue weighted by Gasteiger charge is 2.24. The van der Waals surface area contributed by atoms with Crippen LogP contribution in [-0.2, 0) is 13.0 Å². The lowest BCUT2D eigenvalue weighted by Gasteiger charge is -2.34. The summed E-state index contributed by atoms with van der Waals surface area (Å²) in [5, 5.41) is 2.19. The molecule has 0 aliphatic carbocycles. The van der Waals surface area contributed by atoms with E-state index in [9.17, 15) is 0 Å². The fourth-order valence-corrected chi connectivity index (χ4v) is 3.77. The highest BCUT2D eigenvalue weighted by molar-refractivity contribution is 7.10. The van der Waals surface area contributed by atoms with Gasteiger partial charge in [0, 0.05) is 30.6 Å². The molecule has 2 aromatic rings. The van der Waals surface area contributed by atoms with E-state index in [1.54, 1.807) is 7.11 Å². The third kappa shape index (κ3) is 2.59. The van der Waals surface area contributed by atoms with Crippen LogP contribution in [0.1, 0.15) is 22.0 Å². The minimum absolute atomic E-state index is 0.262. The molecule has 2 heterocycles. The molecular weight excluding hydrogens is 268 g/mol. The summed E-state index contributed by atoms with van der Waals surface area (Å²) in [6.07, 6.45) is 1.13. The van der Waals surface area contributed by atoms with Gasteiger partial charge < -0.3 is 10.5 Å². The van der Waals surface area contributed by atoms with E-state index in [1.807, 2.05) is 23.5 Å². The summed E-state index contributed by atoms with van der Waals surface area (Å²) in [5.74, 6) is 0.897. The van der Waals surface area contributed by atoms with Crippen molar-refractivity contribution in [2.75, 3.05) is 20.2 Å². The second-order valence-corrected chi connectivity index (χ2v) is 6.12. The van der Waals surface area contributed by atoms with Crippen molar-refractivity contribution in [3.8, 4) is 5.75 Å². The number of fused-ring (bicyclic) bond motifs is 1. The molecular formula is C16H20N2OS. The predicted octanol–water partition coefficient (Wildman–Crippen LogP) is 2.81. The molecule has 1 unspecified atom stereocenters. The van der Waals surface area contributed by atoms with Gasteiger partial charge in [-0.15, -0.1) is 11.3 Å². The van der Waals surface area contributed by atoms with Gasteiger partial charge in [0.05, 0.1) is 7.11 Å². The van der Waals surface area contributed by atoms with Gasteiger partial charge in [0.1, 0.15) is 5.75 Å². The van der Waals surface area contributed by atoms with Crippen molar-refractivity contribution in [2.24, 2.45) is 5.73 Å². The number of thiophene rings is 1. The lowest BCUT2D eigenvalue weighted by atomic mass is 10.0. The van der Waals surface area contributed by atoms with Gasteiger partial charge in [0.15, 0.2) is 0 Å². The Balaban J connectivity index is 1.83. The normalized spacial score (nSPS) is 16.7. The van der Waals surface area contributed by atoms with E-state index >= 15 is 0 Å². The van der Waals surface area contributed by atoms with Crippen LogP contribution < -0.4 is 10.5 Å². The van der Waals surface area contributed by atoms with Crippen molar-refractivity contribution in [3.63, 3.8) is 0 Å². The monoisotopic (exact) mass is 288 g/mol. The molecule has 0 fully saturated rings. The number of benzene rings is 1. The molecule has 3 nitrogen and oxygen atoms in total. The van der Waals surface area contributed by atoms with Crippen molar-refractivity contribution in [3.05, 3.63) is 51.7 Å². The number of nitrogens with two attached hydrogens (primary N) is 1. The minimum atomic E-state index is 0.262.